The molecule has 6 nitrogen and oxygen atoms in total. The van der Waals surface area contributed by atoms with Crippen LogP contribution in [0.15, 0.2) is 48.9 Å². The maximum atomic E-state index is 12.2. The normalized spacial score (nSPS) is 14.7. The molecule has 0 unspecified atom stereocenters. The lowest BCUT2D eigenvalue weighted by Gasteiger charge is -2.35. The van der Waals surface area contributed by atoms with Crippen molar-refractivity contribution >= 4 is 11.8 Å². The topological polar surface area (TPSA) is 61.4 Å². The van der Waals surface area contributed by atoms with Crippen LogP contribution in [0.4, 0.5) is 10.6 Å². The number of nitrogens with one attached hydrogen (secondary N) is 1. The highest BCUT2D eigenvalue weighted by Crippen LogP contribution is 2.12. The van der Waals surface area contributed by atoms with Crippen molar-refractivity contribution in [2.75, 3.05) is 31.1 Å². The molecular weight excluding hydrogens is 278 g/mol. The fourth-order valence-corrected chi connectivity index (χ4v) is 2.47. The molecule has 0 spiro atoms. The van der Waals surface area contributed by atoms with Crippen LogP contribution < -0.4 is 10.2 Å². The maximum absolute atomic E-state index is 12.2. The van der Waals surface area contributed by atoms with Crippen molar-refractivity contribution in [2.24, 2.45) is 0 Å². The number of anilines is 1. The van der Waals surface area contributed by atoms with Crippen LogP contribution in [0.5, 0.6) is 0 Å². The molecule has 0 saturated carbocycles. The van der Waals surface area contributed by atoms with E-state index in [4.69, 9.17) is 0 Å². The van der Waals surface area contributed by atoms with Crippen LogP contribution in [0, 0.1) is 0 Å². The van der Waals surface area contributed by atoms with E-state index in [1.807, 2.05) is 35.2 Å². The molecule has 0 radical (unpaired) electrons. The Morgan fingerprint density at radius 3 is 2.50 bits per heavy atom. The van der Waals surface area contributed by atoms with Crippen molar-refractivity contribution < 1.29 is 4.79 Å². The summed E-state index contributed by atoms with van der Waals surface area (Å²) in [5.41, 5.74) is 1.05. The number of pyridine rings is 2. The van der Waals surface area contributed by atoms with Crippen LogP contribution >= 0.6 is 0 Å². The third-order valence-corrected chi connectivity index (χ3v) is 3.73. The third kappa shape index (κ3) is 3.52. The summed E-state index contributed by atoms with van der Waals surface area (Å²) in [6, 6.07) is 9.68. The first-order chi connectivity index (χ1) is 10.8. The molecule has 6 heteroatoms. The van der Waals surface area contributed by atoms with E-state index in [0.29, 0.717) is 19.6 Å². The summed E-state index contributed by atoms with van der Waals surface area (Å²) in [5, 5.41) is 2.95. The number of aromatic nitrogens is 2. The molecule has 114 valence electrons. The molecule has 2 amide bonds. The van der Waals surface area contributed by atoms with Crippen molar-refractivity contribution in [3.8, 4) is 0 Å². The van der Waals surface area contributed by atoms with Gasteiger partial charge in [-0.2, -0.15) is 0 Å². The van der Waals surface area contributed by atoms with Crippen molar-refractivity contribution in [2.45, 2.75) is 6.54 Å². The van der Waals surface area contributed by atoms with Gasteiger partial charge in [0.2, 0.25) is 0 Å². The molecule has 0 aromatic carbocycles. The summed E-state index contributed by atoms with van der Waals surface area (Å²) in [7, 11) is 0. The second-order valence-electron chi connectivity index (χ2n) is 5.18. The molecule has 1 N–H and O–H groups in total. The molecule has 2 aromatic heterocycles. The predicted molar refractivity (Wildman–Crippen MR) is 84.5 cm³/mol. The molecule has 0 aliphatic carbocycles. The number of hydrogen-bond acceptors (Lipinski definition) is 4. The Morgan fingerprint density at radius 2 is 1.82 bits per heavy atom. The number of carbonyl (C=O) groups excluding carboxylic acids is 1. The highest BCUT2D eigenvalue weighted by atomic mass is 16.2. The Bertz CT molecular complexity index is 596. The molecule has 1 aliphatic rings. The number of piperazine rings is 1. The first-order valence-electron chi connectivity index (χ1n) is 7.40. The summed E-state index contributed by atoms with van der Waals surface area (Å²) in [6.45, 7) is 3.55. The maximum Gasteiger partial charge on any atom is 0.317 e. The van der Waals surface area contributed by atoms with Gasteiger partial charge in [0, 0.05) is 51.3 Å². The van der Waals surface area contributed by atoms with E-state index in [1.165, 1.54) is 0 Å². The van der Waals surface area contributed by atoms with Crippen LogP contribution in [0.2, 0.25) is 0 Å². The molecule has 3 rings (SSSR count). The summed E-state index contributed by atoms with van der Waals surface area (Å²) >= 11 is 0. The quantitative estimate of drug-likeness (QED) is 0.933. The Morgan fingerprint density at radius 1 is 1.05 bits per heavy atom. The van der Waals surface area contributed by atoms with Gasteiger partial charge in [-0.25, -0.2) is 9.78 Å². The summed E-state index contributed by atoms with van der Waals surface area (Å²) in [6.07, 6.45) is 5.25. The Balaban J connectivity index is 1.48. The molecular formula is C16H19N5O. The molecule has 3 heterocycles. The SMILES string of the molecule is O=C(NCc1ccncc1)N1CCN(c2ccccn2)CC1. The van der Waals surface area contributed by atoms with E-state index in [0.717, 1.165) is 24.5 Å². The van der Waals surface area contributed by atoms with Crippen LogP contribution in [0.1, 0.15) is 5.56 Å². The second kappa shape index (κ2) is 6.89. The van der Waals surface area contributed by atoms with Gasteiger partial charge < -0.3 is 15.1 Å². The number of urea groups is 1. The summed E-state index contributed by atoms with van der Waals surface area (Å²) in [4.78, 5) is 24.5. The zero-order valence-electron chi connectivity index (χ0n) is 12.4. The highest BCUT2D eigenvalue weighted by Gasteiger charge is 2.21. The molecule has 0 bridgehead atoms. The fourth-order valence-electron chi connectivity index (χ4n) is 2.47. The molecule has 0 atom stereocenters. The lowest BCUT2D eigenvalue weighted by atomic mass is 10.3. The van der Waals surface area contributed by atoms with Gasteiger partial charge in [0.1, 0.15) is 5.82 Å². The van der Waals surface area contributed by atoms with E-state index in [-0.39, 0.29) is 6.03 Å². The molecule has 22 heavy (non-hydrogen) atoms. The monoisotopic (exact) mass is 297 g/mol. The second-order valence-corrected chi connectivity index (χ2v) is 5.18. The first kappa shape index (κ1) is 14.3. The zero-order chi connectivity index (χ0) is 15.2. The van der Waals surface area contributed by atoms with Gasteiger partial charge in [0.05, 0.1) is 0 Å². The van der Waals surface area contributed by atoms with Crippen LogP contribution in [-0.4, -0.2) is 47.1 Å². The molecule has 2 aromatic rings. The van der Waals surface area contributed by atoms with E-state index >= 15 is 0 Å². The van der Waals surface area contributed by atoms with Crippen molar-refractivity contribution in [1.29, 1.82) is 0 Å². The fraction of sp³-hybridized carbons (Fsp3) is 0.312. The molecule has 1 aliphatic heterocycles. The van der Waals surface area contributed by atoms with Gasteiger partial charge in [0.25, 0.3) is 0 Å². The Labute approximate surface area is 129 Å². The van der Waals surface area contributed by atoms with E-state index < -0.39 is 0 Å². The van der Waals surface area contributed by atoms with Gasteiger partial charge in [0.15, 0.2) is 0 Å². The summed E-state index contributed by atoms with van der Waals surface area (Å²) in [5.74, 6) is 0.972. The van der Waals surface area contributed by atoms with Gasteiger partial charge >= 0.3 is 6.03 Å². The van der Waals surface area contributed by atoms with E-state index in [2.05, 4.69) is 20.2 Å². The predicted octanol–water partition coefficient (Wildman–Crippen LogP) is 1.51. The number of amides is 2. The van der Waals surface area contributed by atoms with Crippen molar-refractivity contribution in [1.82, 2.24) is 20.2 Å². The largest absolute Gasteiger partial charge is 0.353 e. The average molecular weight is 297 g/mol. The minimum Gasteiger partial charge on any atom is -0.353 e. The standard InChI is InChI=1S/C16H19N5O/c22-16(19-13-14-4-7-17-8-5-14)21-11-9-20(10-12-21)15-3-1-2-6-18-15/h1-8H,9-13H2,(H,19,22). The average Bonchev–Trinajstić information content (AvgIpc) is 2.61. The van der Waals surface area contributed by atoms with Crippen LogP contribution in [-0.2, 0) is 6.54 Å². The van der Waals surface area contributed by atoms with Crippen molar-refractivity contribution in [3.63, 3.8) is 0 Å². The van der Waals surface area contributed by atoms with Crippen LogP contribution in [0.3, 0.4) is 0 Å². The number of carbonyl (C=O) groups is 1. The lowest BCUT2D eigenvalue weighted by Crippen LogP contribution is -2.51. The Kier molecular flexibility index (Phi) is 4.48. The third-order valence-electron chi connectivity index (χ3n) is 3.73. The molecule has 1 saturated heterocycles. The molecule has 1 fully saturated rings. The lowest BCUT2D eigenvalue weighted by molar-refractivity contribution is 0.194. The minimum absolute atomic E-state index is 0.0162. The summed E-state index contributed by atoms with van der Waals surface area (Å²) < 4.78 is 0. The minimum atomic E-state index is -0.0162. The van der Waals surface area contributed by atoms with Gasteiger partial charge in [-0.15, -0.1) is 0 Å². The van der Waals surface area contributed by atoms with Gasteiger partial charge in [-0.3, -0.25) is 4.98 Å². The number of nitrogens with zero attached hydrogens (tertiary/aromatic N) is 4. The van der Waals surface area contributed by atoms with Gasteiger partial charge in [-0.1, -0.05) is 6.07 Å². The van der Waals surface area contributed by atoms with Crippen molar-refractivity contribution in [3.05, 3.63) is 54.5 Å². The van der Waals surface area contributed by atoms with Gasteiger partial charge in [-0.05, 0) is 29.8 Å². The van der Waals surface area contributed by atoms with E-state index in [1.54, 1.807) is 18.6 Å². The van der Waals surface area contributed by atoms with E-state index in [9.17, 15) is 4.79 Å². The number of hydrogen-bond donors (Lipinski definition) is 1. The smallest absolute Gasteiger partial charge is 0.317 e. The number of rotatable bonds is 3. The van der Waals surface area contributed by atoms with Crippen LogP contribution in [0.25, 0.3) is 0 Å². The first-order valence-corrected chi connectivity index (χ1v) is 7.40. The zero-order valence-corrected chi connectivity index (χ0v) is 12.4. The Hall–Kier alpha value is -2.63. The highest BCUT2D eigenvalue weighted by molar-refractivity contribution is 5.74.